The highest BCUT2D eigenvalue weighted by atomic mass is 32.2. The summed E-state index contributed by atoms with van der Waals surface area (Å²) >= 11 is 0. The number of sulfone groups is 1. The lowest BCUT2D eigenvalue weighted by Crippen LogP contribution is -2.45. The van der Waals surface area contributed by atoms with Crippen LogP contribution in [0.4, 0.5) is 0 Å². The Morgan fingerprint density at radius 3 is 1.94 bits per heavy atom. The van der Waals surface area contributed by atoms with Crippen molar-refractivity contribution in [2.24, 2.45) is 0 Å². The van der Waals surface area contributed by atoms with E-state index in [4.69, 9.17) is 0 Å². The Morgan fingerprint density at radius 1 is 0.857 bits per heavy atom. The minimum atomic E-state index is -3.68. The molecule has 0 fully saturated rings. The molecule has 0 aliphatic rings. The number of hydrogen-bond acceptors (Lipinski definition) is 3. The molecule has 3 aromatic carbocycles. The smallest absolute Gasteiger partial charge is 0.184 e. The van der Waals surface area contributed by atoms with E-state index in [0.29, 0.717) is 25.7 Å². The molecule has 35 heavy (non-hydrogen) atoms. The molecular formula is C31H38O3S. The summed E-state index contributed by atoms with van der Waals surface area (Å²) in [6.07, 6.45) is 7.16. The van der Waals surface area contributed by atoms with Gasteiger partial charge in [0.15, 0.2) is 9.84 Å². The maximum Gasteiger partial charge on any atom is 0.184 e. The van der Waals surface area contributed by atoms with Crippen LogP contribution < -0.4 is 0 Å². The highest BCUT2D eigenvalue weighted by molar-refractivity contribution is 7.92. The molecule has 2 unspecified atom stereocenters. The van der Waals surface area contributed by atoms with Crippen molar-refractivity contribution in [3.8, 4) is 0 Å². The largest absolute Gasteiger partial charge is 0.389 e. The van der Waals surface area contributed by atoms with Gasteiger partial charge in [-0.1, -0.05) is 90.5 Å². The van der Waals surface area contributed by atoms with Crippen LogP contribution in [-0.2, 0) is 22.7 Å². The molecule has 0 saturated heterocycles. The first-order valence-corrected chi connectivity index (χ1v) is 14.1. The Bertz CT molecular complexity index is 1150. The lowest BCUT2D eigenvalue weighted by Gasteiger charge is -2.33. The van der Waals surface area contributed by atoms with E-state index in [-0.39, 0.29) is 4.90 Å². The first kappa shape index (κ1) is 26.9. The van der Waals surface area contributed by atoms with Gasteiger partial charge in [0, 0.05) is 0 Å². The third-order valence-corrected chi connectivity index (χ3v) is 9.14. The molecule has 4 heteroatoms. The summed E-state index contributed by atoms with van der Waals surface area (Å²) in [5, 5.41) is 10.6. The van der Waals surface area contributed by atoms with Crippen molar-refractivity contribution >= 4 is 9.84 Å². The van der Waals surface area contributed by atoms with Crippen LogP contribution in [0.3, 0.4) is 0 Å². The SMILES string of the molecule is C/C(=C/CCCC(C(C)(O)CCc1ccccc1)S(=O)(=O)c1ccccc1)CCc1ccccc1. The van der Waals surface area contributed by atoms with Gasteiger partial charge < -0.3 is 5.11 Å². The normalized spacial score (nSPS) is 14.9. The Morgan fingerprint density at radius 2 is 1.37 bits per heavy atom. The second kappa shape index (κ2) is 12.9. The van der Waals surface area contributed by atoms with Gasteiger partial charge in [-0.25, -0.2) is 8.42 Å². The van der Waals surface area contributed by atoms with Crippen molar-refractivity contribution in [1.82, 2.24) is 0 Å². The van der Waals surface area contributed by atoms with Gasteiger partial charge in [-0.2, -0.15) is 0 Å². The monoisotopic (exact) mass is 490 g/mol. The van der Waals surface area contributed by atoms with Crippen molar-refractivity contribution in [2.75, 3.05) is 0 Å². The van der Waals surface area contributed by atoms with Crippen LogP contribution in [0, 0.1) is 0 Å². The molecule has 1 N–H and O–H groups in total. The molecule has 3 rings (SSSR count). The molecule has 0 radical (unpaired) electrons. The van der Waals surface area contributed by atoms with Gasteiger partial charge in [0.25, 0.3) is 0 Å². The maximum absolute atomic E-state index is 13.6. The number of hydrogen-bond donors (Lipinski definition) is 1. The molecular weight excluding hydrogens is 452 g/mol. The standard InChI is InChI=1S/C31H38O3S/c1-26(22-23-27-15-6-3-7-16-27)14-12-13-21-30(35(33,34)29-19-10-5-11-20-29)31(2,32)25-24-28-17-8-4-9-18-28/h3-11,14-20,30,32H,12-13,21-25H2,1-2H3/b26-14-. The zero-order valence-corrected chi connectivity index (χ0v) is 21.8. The lowest BCUT2D eigenvalue weighted by molar-refractivity contribution is 0.0433. The van der Waals surface area contributed by atoms with E-state index < -0.39 is 20.7 Å². The fraction of sp³-hybridized carbons (Fsp3) is 0.355. The molecule has 0 saturated carbocycles. The molecule has 0 amide bonds. The molecule has 0 aromatic heterocycles. The Hall–Kier alpha value is -2.69. The third kappa shape index (κ3) is 8.19. The second-order valence-electron chi connectivity index (χ2n) is 9.66. The van der Waals surface area contributed by atoms with Crippen LogP contribution >= 0.6 is 0 Å². The van der Waals surface area contributed by atoms with E-state index in [1.54, 1.807) is 31.2 Å². The fourth-order valence-electron chi connectivity index (χ4n) is 4.52. The maximum atomic E-state index is 13.6. The van der Waals surface area contributed by atoms with Gasteiger partial charge in [0.1, 0.15) is 0 Å². The van der Waals surface area contributed by atoms with Crippen molar-refractivity contribution in [2.45, 2.75) is 74.5 Å². The van der Waals surface area contributed by atoms with Crippen molar-refractivity contribution in [3.63, 3.8) is 0 Å². The molecule has 0 bridgehead atoms. The first-order valence-electron chi connectivity index (χ1n) is 12.5. The Kier molecular flexibility index (Phi) is 9.88. The summed E-state index contributed by atoms with van der Waals surface area (Å²) in [4.78, 5) is 0.277. The number of benzene rings is 3. The van der Waals surface area contributed by atoms with Gasteiger partial charge in [-0.15, -0.1) is 0 Å². The highest BCUT2D eigenvalue weighted by Crippen LogP contribution is 2.32. The van der Waals surface area contributed by atoms with Gasteiger partial charge in [0.2, 0.25) is 0 Å². The van der Waals surface area contributed by atoms with E-state index in [0.717, 1.165) is 24.8 Å². The van der Waals surface area contributed by atoms with E-state index in [2.05, 4.69) is 37.3 Å². The summed E-state index contributed by atoms with van der Waals surface area (Å²) in [7, 11) is -3.68. The molecule has 0 spiro atoms. The van der Waals surface area contributed by atoms with Gasteiger partial charge in [-0.3, -0.25) is 0 Å². The summed E-state index contributed by atoms with van der Waals surface area (Å²) < 4.78 is 27.2. The van der Waals surface area contributed by atoms with Crippen LogP contribution in [0.1, 0.15) is 57.1 Å². The summed E-state index contributed by atoms with van der Waals surface area (Å²) in [5.74, 6) is 0. The predicted octanol–water partition coefficient (Wildman–Crippen LogP) is 6.96. The quantitative estimate of drug-likeness (QED) is 0.208. The highest BCUT2D eigenvalue weighted by Gasteiger charge is 2.41. The van der Waals surface area contributed by atoms with Crippen LogP contribution in [0.15, 0.2) is 108 Å². The van der Waals surface area contributed by atoms with Crippen LogP contribution in [-0.4, -0.2) is 24.4 Å². The van der Waals surface area contributed by atoms with E-state index in [1.165, 1.54) is 11.1 Å². The summed E-state index contributed by atoms with van der Waals surface area (Å²) in [5.41, 5.74) is 2.40. The average Bonchev–Trinajstić information content (AvgIpc) is 2.87. The summed E-state index contributed by atoms with van der Waals surface area (Å²) in [6.45, 7) is 3.82. The third-order valence-electron chi connectivity index (χ3n) is 6.72. The number of aliphatic hydroxyl groups is 1. The minimum absolute atomic E-state index is 0.277. The van der Waals surface area contributed by atoms with Crippen molar-refractivity contribution in [1.29, 1.82) is 0 Å². The first-order chi connectivity index (χ1) is 16.8. The minimum Gasteiger partial charge on any atom is -0.389 e. The zero-order valence-electron chi connectivity index (χ0n) is 20.9. The molecule has 186 valence electrons. The summed E-state index contributed by atoms with van der Waals surface area (Å²) in [6, 6.07) is 28.9. The zero-order chi connectivity index (χ0) is 25.2. The van der Waals surface area contributed by atoms with Crippen LogP contribution in [0.25, 0.3) is 0 Å². The van der Waals surface area contributed by atoms with Crippen molar-refractivity contribution in [3.05, 3.63) is 114 Å². The molecule has 0 heterocycles. The average molecular weight is 491 g/mol. The molecule has 3 nitrogen and oxygen atoms in total. The van der Waals surface area contributed by atoms with E-state index in [9.17, 15) is 13.5 Å². The topological polar surface area (TPSA) is 54.4 Å². The van der Waals surface area contributed by atoms with Crippen molar-refractivity contribution < 1.29 is 13.5 Å². The van der Waals surface area contributed by atoms with Gasteiger partial charge in [0.05, 0.1) is 15.7 Å². The van der Waals surface area contributed by atoms with E-state index in [1.807, 2.05) is 42.5 Å². The Labute approximate surface area is 211 Å². The molecule has 0 aliphatic heterocycles. The second-order valence-corrected chi connectivity index (χ2v) is 11.8. The van der Waals surface area contributed by atoms with Gasteiger partial charge >= 0.3 is 0 Å². The lowest BCUT2D eigenvalue weighted by atomic mass is 9.90. The molecule has 0 aliphatic carbocycles. The van der Waals surface area contributed by atoms with Crippen LogP contribution in [0.5, 0.6) is 0 Å². The van der Waals surface area contributed by atoms with E-state index >= 15 is 0 Å². The Balaban J connectivity index is 1.67. The van der Waals surface area contributed by atoms with Gasteiger partial charge in [-0.05, 0) is 82.1 Å². The fourth-order valence-corrected chi connectivity index (χ4v) is 6.65. The molecule has 3 aromatic rings. The van der Waals surface area contributed by atoms with Crippen LogP contribution in [0.2, 0.25) is 0 Å². The predicted molar refractivity (Wildman–Crippen MR) is 145 cm³/mol. The number of allylic oxidation sites excluding steroid dienone is 2. The number of aryl methyl sites for hydroxylation is 2. The number of rotatable bonds is 13. The molecule has 2 atom stereocenters. The number of unbranched alkanes of at least 4 members (excludes halogenated alkanes) is 1.